The van der Waals surface area contributed by atoms with Crippen LogP contribution in [0.15, 0.2) is 16.7 Å². The van der Waals surface area contributed by atoms with Gasteiger partial charge in [-0.2, -0.15) is 0 Å². The lowest BCUT2D eigenvalue weighted by atomic mass is 10.0. The minimum absolute atomic E-state index is 0.548. The molecule has 1 saturated carbocycles. The van der Waals surface area contributed by atoms with E-state index >= 15 is 0 Å². The molecule has 0 bridgehead atoms. The first-order valence-electron chi connectivity index (χ1n) is 6.18. The van der Waals surface area contributed by atoms with Crippen molar-refractivity contribution in [3.05, 3.63) is 22.3 Å². The van der Waals surface area contributed by atoms with E-state index in [1.807, 2.05) is 6.20 Å². The highest BCUT2D eigenvalue weighted by atomic mass is 79.9. The maximum atomic E-state index is 5.85. The van der Waals surface area contributed by atoms with Crippen LogP contribution in [0.25, 0.3) is 0 Å². The minimum Gasteiger partial charge on any atom is -0.356 e. The van der Waals surface area contributed by atoms with Crippen LogP contribution < -0.4 is 10.6 Å². The molecule has 2 rings (SSSR count). The summed E-state index contributed by atoms with van der Waals surface area (Å²) in [6.45, 7) is 2.89. The van der Waals surface area contributed by atoms with E-state index in [0.717, 1.165) is 16.8 Å². The van der Waals surface area contributed by atoms with Gasteiger partial charge in [-0.25, -0.2) is 4.98 Å². The third kappa shape index (κ3) is 2.63. The first-order chi connectivity index (χ1) is 8.13. The number of aromatic nitrogens is 1. The molecule has 2 unspecified atom stereocenters. The molecule has 1 aromatic rings. The first kappa shape index (κ1) is 12.8. The zero-order chi connectivity index (χ0) is 12.4. The van der Waals surface area contributed by atoms with Gasteiger partial charge in [0, 0.05) is 23.8 Å². The lowest BCUT2D eigenvalue weighted by Crippen LogP contribution is -2.38. The predicted octanol–water partition coefficient (Wildman–Crippen LogP) is 2.72. The Kier molecular flexibility index (Phi) is 4.05. The number of rotatable bonds is 3. The fourth-order valence-corrected chi connectivity index (χ4v) is 3.31. The lowest BCUT2D eigenvalue weighted by Gasteiger charge is -2.31. The summed E-state index contributed by atoms with van der Waals surface area (Å²) in [6, 6.07) is 2.66. The summed E-state index contributed by atoms with van der Waals surface area (Å²) in [5.74, 6) is 1.70. The summed E-state index contributed by atoms with van der Waals surface area (Å²) in [4.78, 5) is 6.84. The molecule has 1 aromatic heterocycles. The number of pyridine rings is 1. The van der Waals surface area contributed by atoms with Crippen molar-refractivity contribution in [3.8, 4) is 0 Å². The first-order valence-corrected chi connectivity index (χ1v) is 6.98. The molecule has 94 valence electrons. The number of hydrogen-bond acceptors (Lipinski definition) is 3. The molecule has 2 atom stereocenters. The van der Waals surface area contributed by atoms with Gasteiger partial charge in [0.1, 0.15) is 5.82 Å². The van der Waals surface area contributed by atoms with E-state index in [0.29, 0.717) is 12.0 Å². The maximum Gasteiger partial charge on any atom is 0.131 e. The second kappa shape index (κ2) is 5.36. The molecule has 0 amide bonds. The molecule has 1 aliphatic rings. The van der Waals surface area contributed by atoms with E-state index in [1.165, 1.54) is 24.8 Å². The summed E-state index contributed by atoms with van der Waals surface area (Å²) in [7, 11) is 2.14. The van der Waals surface area contributed by atoms with Crippen molar-refractivity contribution in [2.45, 2.75) is 32.2 Å². The Morgan fingerprint density at radius 3 is 2.94 bits per heavy atom. The third-order valence-corrected chi connectivity index (χ3v) is 4.20. The van der Waals surface area contributed by atoms with Gasteiger partial charge in [-0.3, -0.25) is 0 Å². The fraction of sp³-hybridized carbons (Fsp3) is 0.615. The van der Waals surface area contributed by atoms with Crippen molar-refractivity contribution in [1.29, 1.82) is 0 Å². The van der Waals surface area contributed by atoms with Crippen molar-refractivity contribution in [2.75, 3.05) is 18.5 Å². The average Bonchev–Trinajstić information content (AvgIpc) is 2.76. The zero-order valence-corrected chi connectivity index (χ0v) is 12.1. The van der Waals surface area contributed by atoms with E-state index in [2.05, 4.69) is 45.9 Å². The summed E-state index contributed by atoms with van der Waals surface area (Å²) < 4.78 is 1.04. The second-order valence-electron chi connectivity index (χ2n) is 4.90. The number of hydrogen-bond donors (Lipinski definition) is 1. The Morgan fingerprint density at radius 1 is 1.53 bits per heavy atom. The molecule has 0 radical (unpaired) electrons. The third-order valence-electron chi connectivity index (χ3n) is 3.77. The van der Waals surface area contributed by atoms with Gasteiger partial charge in [0.2, 0.25) is 0 Å². The predicted molar refractivity (Wildman–Crippen MR) is 75.3 cm³/mol. The molecule has 3 nitrogen and oxygen atoms in total. The van der Waals surface area contributed by atoms with Crippen molar-refractivity contribution in [3.63, 3.8) is 0 Å². The molecule has 2 N–H and O–H groups in total. The lowest BCUT2D eigenvalue weighted by molar-refractivity contribution is 0.471. The Bertz CT molecular complexity index is 394. The van der Waals surface area contributed by atoms with Crippen LogP contribution >= 0.6 is 15.9 Å². The molecule has 1 heterocycles. The van der Waals surface area contributed by atoms with Crippen molar-refractivity contribution in [1.82, 2.24) is 4.98 Å². The van der Waals surface area contributed by atoms with Gasteiger partial charge >= 0.3 is 0 Å². The quantitative estimate of drug-likeness (QED) is 0.933. The van der Waals surface area contributed by atoms with Crippen molar-refractivity contribution >= 4 is 21.7 Å². The van der Waals surface area contributed by atoms with Crippen LogP contribution in [0.4, 0.5) is 5.82 Å². The zero-order valence-electron chi connectivity index (χ0n) is 10.5. The summed E-state index contributed by atoms with van der Waals surface area (Å²) in [6.07, 6.45) is 5.63. The number of nitrogens with two attached hydrogens (primary N) is 1. The summed E-state index contributed by atoms with van der Waals surface area (Å²) in [5.41, 5.74) is 7.06. The average molecular weight is 298 g/mol. The minimum atomic E-state index is 0.548. The molecule has 4 heteroatoms. The van der Waals surface area contributed by atoms with Gasteiger partial charge in [0.25, 0.3) is 0 Å². The molecule has 0 spiro atoms. The SMILES string of the molecule is Cc1cc(Br)cnc1N(C)C1CCCC1CN. The highest BCUT2D eigenvalue weighted by Gasteiger charge is 2.30. The molecule has 0 aliphatic heterocycles. The molecule has 1 fully saturated rings. The number of halogens is 1. The Labute approximate surface area is 112 Å². The van der Waals surface area contributed by atoms with Crippen molar-refractivity contribution in [2.24, 2.45) is 11.7 Å². The van der Waals surface area contributed by atoms with E-state index in [9.17, 15) is 0 Å². The largest absolute Gasteiger partial charge is 0.356 e. The highest BCUT2D eigenvalue weighted by molar-refractivity contribution is 9.10. The smallest absolute Gasteiger partial charge is 0.131 e. The highest BCUT2D eigenvalue weighted by Crippen LogP contribution is 2.32. The summed E-state index contributed by atoms with van der Waals surface area (Å²) >= 11 is 3.45. The van der Waals surface area contributed by atoms with Gasteiger partial charge in [0.05, 0.1) is 0 Å². The Hall–Kier alpha value is -0.610. The van der Waals surface area contributed by atoms with Crippen LogP contribution in [0.3, 0.4) is 0 Å². The Balaban J connectivity index is 2.21. The molecule has 17 heavy (non-hydrogen) atoms. The molecular formula is C13H20BrN3. The van der Waals surface area contributed by atoms with Crippen molar-refractivity contribution < 1.29 is 0 Å². The fourth-order valence-electron chi connectivity index (χ4n) is 2.86. The molecule has 0 aromatic carbocycles. The van der Waals surface area contributed by atoms with Crippen LogP contribution in [0.1, 0.15) is 24.8 Å². The van der Waals surface area contributed by atoms with E-state index in [1.54, 1.807) is 0 Å². The number of nitrogens with zero attached hydrogens (tertiary/aromatic N) is 2. The van der Waals surface area contributed by atoms with Gasteiger partial charge in [-0.1, -0.05) is 6.42 Å². The molecule has 0 saturated heterocycles. The normalized spacial score (nSPS) is 24.0. The second-order valence-corrected chi connectivity index (χ2v) is 5.81. The Morgan fingerprint density at radius 2 is 2.29 bits per heavy atom. The van der Waals surface area contributed by atoms with Gasteiger partial charge < -0.3 is 10.6 Å². The van der Waals surface area contributed by atoms with Crippen LogP contribution in [-0.2, 0) is 0 Å². The summed E-state index contributed by atoms with van der Waals surface area (Å²) in [5, 5.41) is 0. The number of anilines is 1. The van der Waals surface area contributed by atoms with E-state index in [4.69, 9.17) is 5.73 Å². The van der Waals surface area contributed by atoms with Crippen LogP contribution in [-0.4, -0.2) is 24.6 Å². The molecule has 1 aliphatic carbocycles. The van der Waals surface area contributed by atoms with E-state index in [-0.39, 0.29) is 0 Å². The molecular weight excluding hydrogens is 278 g/mol. The van der Waals surface area contributed by atoms with Gasteiger partial charge in [0.15, 0.2) is 0 Å². The monoisotopic (exact) mass is 297 g/mol. The maximum absolute atomic E-state index is 5.85. The number of aryl methyl sites for hydroxylation is 1. The van der Waals surface area contributed by atoms with Crippen LogP contribution in [0.5, 0.6) is 0 Å². The van der Waals surface area contributed by atoms with Gasteiger partial charge in [-0.05, 0) is 59.8 Å². The van der Waals surface area contributed by atoms with E-state index < -0.39 is 0 Å². The van der Waals surface area contributed by atoms with Crippen LogP contribution in [0, 0.1) is 12.8 Å². The van der Waals surface area contributed by atoms with Crippen LogP contribution in [0.2, 0.25) is 0 Å². The standard InChI is InChI=1S/C13H20BrN3/c1-9-6-11(14)8-16-13(9)17(2)12-5-3-4-10(12)7-15/h6,8,10,12H,3-5,7,15H2,1-2H3. The topological polar surface area (TPSA) is 42.2 Å². The van der Waals surface area contributed by atoms with Gasteiger partial charge in [-0.15, -0.1) is 0 Å².